The lowest BCUT2D eigenvalue weighted by atomic mass is 9.84. The number of likely N-dealkylation sites (tertiary alicyclic amines) is 1. The number of hydrogen-bond acceptors (Lipinski definition) is 5. The van der Waals surface area contributed by atoms with Crippen molar-refractivity contribution >= 4 is 11.9 Å². The van der Waals surface area contributed by atoms with Crippen LogP contribution in [0.25, 0.3) is 0 Å². The maximum Gasteiger partial charge on any atom is 0.223 e. The minimum Gasteiger partial charge on any atom is -0.550 e. The molecule has 6 nitrogen and oxygen atoms in total. The van der Waals surface area contributed by atoms with Gasteiger partial charge in [-0.2, -0.15) is 0 Å². The summed E-state index contributed by atoms with van der Waals surface area (Å²) < 4.78 is 10.5. The highest BCUT2D eigenvalue weighted by molar-refractivity contribution is 5.81. The molecule has 1 aromatic carbocycles. The number of carboxylic acid groups (broad SMARTS) is 1. The first-order chi connectivity index (χ1) is 10.5. The van der Waals surface area contributed by atoms with Crippen molar-refractivity contribution in [2.75, 3.05) is 20.8 Å². The molecule has 0 spiro atoms. The van der Waals surface area contributed by atoms with Crippen LogP contribution in [0.1, 0.15) is 31.4 Å². The lowest BCUT2D eigenvalue weighted by Gasteiger charge is -2.41. The molecule has 0 unspecified atom stereocenters. The lowest BCUT2D eigenvalue weighted by molar-refractivity contribution is -0.314. The molecule has 0 saturated carbocycles. The molecule has 6 heteroatoms. The SMILES string of the molecule is CCN1C(=O)CC[C@H](C(=O)[O-])[C@@H]1c1ccc(OC)c(OC)c1. The van der Waals surface area contributed by atoms with Crippen LogP contribution < -0.4 is 14.6 Å². The summed E-state index contributed by atoms with van der Waals surface area (Å²) in [6.07, 6.45) is 0.521. The quantitative estimate of drug-likeness (QED) is 0.802. The van der Waals surface area contributed by atoms with E-state index in [-0.39, 0.29) is 18.7 Å². The van der Waals surface area contributed by atoms with Crippen LogP contribution in [-0.4, -0.2) is 37.5 Å². The summed E-state index contributed by atoms with van der Waals surface area (Å²) in [6, 6.07) is 4.66. The number of nitrogens with zero attached hydrogens (tertiary/aromatic N) is 1. The van der Waals surface area contributed by atoms with Gasteiger partial charge in [0, 0.05) is 24.9 Å². The van der Waals surface area contributed by atoms with Crippen molar-refractivity contribution in [1.82, 2.24) is 4.90 Å². The maximum atomic E-state index is 12.1. The van der Waals surface area contributed by atoms with Gasteiger partial charge in [0.05, 0.1) is 20.3 Å². The first-order valence-electron chi connectivity index (χ1n) is 7.25. The van der Waals surface area contributed by atoms with Crippen molar-refractivity contribution in [2.45, 2.75) is 25.8 Å². The molecule has 22 heavy (non-hydrogen) atoms. The molecule has 1 amide bonds. The van der Waals surface area contributed by atoms with Crippen LogP contribution in [0.3, 0.4) is 0 Å². The highest BCUT2D eigenvalue weighted by Gasteiger charge is 2.37. The molecular formula is C16H20NO5-. The van der Waals surface area contributed by atoms with Crippen molar-refractivity contribution in [3.05, 3.63) is 23.8 Å². The number of piperidine rings is 1. The van der Waals surface area contributed by atoms with Crippen molar-refractivity contribution in [1.29, 1.82) is 0 Å². The molecule has 2 atom stereocenters. The topological polar surface area (TPSA) is 78.9 Å². The number of benzene rings is 1. The summed E-state index contributed by atoms with van der Waals surface area (Å²) in [4.78, 5) is 25.2. The van der Waals surface area contributed by atoms with Crippen LogP contribution >= 0.6 is 0 Å². The Bertz CT molecular complexity index is 570. The minimum absolute atomic E-state index is 0.0419. The number of carboxylic acids is 1. The molecule has 0 radical (unpaired) electrons. The number of rotatable bonds is 5. The van der Waals surface area contributed by atoms with Crippen LogP contribution in [0.2, 0.25) is 0 Å². The fraction of sp³-hybridized carbons (Fsp3) is 0.500. The molecule has 1 aliphatic rings. The Morgan fingerprint density at radius 3 is 2.55 bits per heavy atom. The third-order valence-electron chi connectivity index (χ3n) is 4.10. The van der Waals surface area contributed by atoms with Crippen LogP contribution in [0.5, 0.6) is 11.5 Å². The number of aliphatic carboxylic acids is 1. The van der Waals surface area contributed by atoms with E-state index in [9.17, 15) is 14.7 Å². The molecule has 0 aliphatic carbocycles. The number of hydrogen-bond donors (Lipinski definition) is 0. The van der Waals surface area contributed by atoms with Crippen molar-refractivity contribution < 1.29 is 24.2 Å². The zero-order chi connectivity index (χ0) is 16.3. The van der Waals surface area contributed by atoms with Gasteiger partial charge in [-0.25, -0.2) is 0 Å². The van der Waals surface area contributed by atoms with E-state index < -0.39 is 17.9 Å². The second-order valence-electron chi connectivity index (χ2n) is 5.20. The number of ether oxygens (including phenoxy) is 2. The highest BCUT2D eigenvalue weighted by atomic mass is 16.5. The Morgan fingerprint density at radius 2 is 2.00 bits per heavy atom. The van der Waals surface area contributed by atoms with Gasteiger partial charge in [-0.1, -0.05) is 6.07 Å². The molecule has 2 rings (SSSR count). The third-order valence-corrected chi connectivity index (χ3v) is 4.10. The molecule has 1 aromatic rings. The number of amides is 1. The van der Waals surface area contributed by atoms with Gasteiger partial charge in [0.25, 0.3) is 0 Å². The van der Waals surface area contributed by atoms with Gasteiger partial charge in [-0.05, 0) is 31.0 Å². The van der Waals surface area contributed by atoms with Gasteiger partial charge in [-0.3, -0.25) is 4.79 Å². The summed E-state index contributed by atoms with van der Waals surface area (Å²) in [5.41, 5.74) is 0.710. The third kappa shape index (κ3) is 2.86. The Labute approximate surface area is 129 Å². The summed E-state index contributed by atoms with van der Waals surface area (Å²) in [5, 5.41) is 11.5. The molecule has 0 aromatic heterocycles. The van der Waals surface area contributed by atoms with E-state index >= 15 is 0 Å². The minimum atomic E-state index is -1.13. The molecule has 1 fully saturated rings. The predicted molar refractivity (Wildman–Crippen MR) is 77.4 cm³/mol. The summed E-state index contributed by atoms with van der Waals surface area (Å²) in [7, 11) is 3.05. The summed E-state index contributed by atoms with van der Waals surface area (Å²) in [6.45, 7) is 2.28. The Kier molecular flexibility index (Phi) is 4.90. The van der Waals surface area contributed by atoms with Gasteiger partial charge in [0.2, 0.25) is 5.91 Å². The van der Waals surface area contributed by atoms with Crippen molar-refractivity contribution in [2.24, 2.45) is 5.92 Å². The monoisotopic (exact) mass is 306 g/mol. The summed E-state index contributed by atoms with van der Waals surface area (Å²) in [5.74, 6) is -0.839. The normalized spacial score (nSPS) is 21.6. The average molecular weight is 306 g/mol. The Balaban J connectivity index is 2.47. The van der Waals surface area contributed by atoms with E-state index in [0.29, 0.717) is 23.6 Å². The Hall–Kier alpha value is -2.24. The average Bonchev–Trinajstić information content (AvgIpc) is 2.53. The Morgan fingerprint density at radius 1 is 1.32 bits per heavy atom. The fourth-order valence-corrected chi connectivity index (χ4v) is 3.02. The number of carbonyl (C=O) groups excluding carboxylic acids is 2. The molecule has 0 N–H and O–H groups in total. The second-order valence-corrected chi connectivity index (χ2v) is 5.20. The van der Waals surface area contributed by atoms with Gasteiger partial charge in [0.15, 0.2) is 11.5 Å². The van der Waals surface area contributed by atoms with Crippen LogP contribution in [-0.2, 0) is 9.59 Å². The van der Waals surface area contributed by atoms with E-state index in [2.05, 4.69) is 0 Å². The van der Waals surface area contributed by atoms with Gasteiger partial charge in [0.1, 0.15) is 0 Å². The van der Waals surface area contributed by atoms with Crippen LogP contribution in [0.4, 0.5) is 0 Å². The standard InChI is InChI=1S/C16H21NO5/c1-4-17-14(18)8-6-11(16(19)20)15(17)10-5-7-12(21-2)13(9-10)22-3/h5,7,9,11,15H,4,6,8H2,1-3H3,(H,19,20)/p-1/t11-,15-/m0/s1. The van der Waals surface area contributed by atoms with E-state index in [0.717, 1.165) is 0 Å². The predicted octanol–water partition coefficient (Wildman–Crippen LogP) is 0.753. The molecule has 1 saturated heterocycles. The zero-order valence-electron chi connectivity index (χ0n) is 13.0. The van der Waals surface area contributed by atoms with Crippen molar-refractivity contribution in [3.63, 3.8) is 0 Å². The van der Waals surface area contributed by atoms with E-state index in [4.69, 9.17) is 9.47 Å². The second kappa shape index (κ2) is 6.68. The van der Waals surface area contributed by atoms with E-state index in [1.54, 1.807) is 23.1 Å². The van der Waals surface area contributed by atoms with Crippen LogP contribution in [0.15, 0.2) is 18.2 Å². The van der Waals surface area contributed by atoms with E-state index in [1.807, 2.05) is 6.92 Å². The number of carbonyl (C=O) groups is 2. The summed E-state index contributed by atoms with van der Waals surface area (Å²) >= 11 is 0. The first-order valence-corrected chi connectivity index (χ1v) is 7.25. The number of methoxy groups -OCH3 is 2. The van der Waals surface area contributed by atoms with Crippen molar-refractivity contribution in [3.8, 4) is 11.5 Å². The molecule has 0 bridgehead atoms. The maximum absolute atomic E-state index is 12.1. The lowest BCUT2D eigenvalue weighted by Crippen LogP contribution is -2.48. The fourth-order valence-electron chi connectivity index (χ4n) is 3.02. The molecule has 1 heterocycles. The molecular weight excluding hydrogens is 286 g/mol. The van der Waals surface area contributed by atoms with Gasteiger partial charge >= 0.3 is 0 Å². The molecule has 1 aliphatic heterocycles. The zero-order valence-corrected chi connectivity index (χ0v) is 13.0. The van der Waals surface area contributed by atoms with Gasteiger partial charge in [-0.15, -0.1) is 0 Å². The van der Waals surface area contributed by atoms with Gasteiger partial charge < -0.3 is 24.3 Å². The van der Waals surface area contributed by atoms with E-state index in [1.165, 1.54) is 14.2 Å². The highest BCUT2D eigenvalue weighted by Crippen LogP contribution is 2.39. The smallest absolute Gasteiger partial charge is 0.223 e. The largest absolute Gasteiger partial charge is 0.550 e. The first kappa shape index (κ1) is 16.1. The molecule has 120 valence electrons. The van der Waals surface area contributed by atoms with Crippen LogP contribution in [0, 0.1) is 5.92 Å².